The molecule has 0 spiro atoms. The first-order valence-corrected chi connectivity index (χ1v) is 5.11. The van der Waals surface area contributed by atoms with Gasteiger partial charge < -0.3 is 10.1 Å². The monoisotopic (exact) mass is 244 g/mol. The van der Waals surface area contributed by atoms with E-state index >= 15 is 0 Å². The molecule has 1 N–H and O–H groups in total. The molecule has 0 saturated heterocycles. The molecule has 5 nitrogen and oxygen atoms in total. The fourth-order valence-corrected chi connectivity index (χ4v) is 1.29. The van der Waals surface area contributed by atoms with Crippen LogP contribution in [0.25, 0.3) is 0 Å². The minimum Gasteiger partial charge on any atom is -0.436 e. The Labute approximate surface area is 103 Å². The lowest BCUT2D eigenvalue weighted by Crippen LogP contribution is -1.98. The molecule has 6 heteroatoms. The fourth-order valence-electron chi connectivity index (χ4n) is 1.29. The van der Waals surface area contributed by atoms with Crippen LogP contribution in [0.4, 0.5) is 10.3 Å². The Hall–Kier alpha value is -2.68. The average Bonchev–Trinajstić information content (AvgIpc) is 2.41. The first-order valence-electron chi connectivity index (χ1n) is 5.11. The van der Waals surface area contributed by atoms with Crippen molar-refractivity contribution >= 4 is 5.95 Å². The van der Waals surface area contributed by atoms with Crippen molar-refractivity contribution in [2.45, 2.75) is 0 Å². The molecule has 1 aromatic carbocycles. The van der Waals surface area contributed by atoms with E-state index < -0.39 is 5.82 Å². The predicted octanol–water partition coefficient (Wildman–Crippen LogP) is 2.32. The third-order valence-corrected chi connectivity index (χ3v) is 2.13. The second-order valence-electron chi connectivity index (χ2n) is 3.33. The highest BCUT2D eigenvalue weighted by atomic mass is 19.1. The van der Waals surface area contributed by atoms with Crippen molar-refractivity contribution in [3.63, 3.8) is 0 Å². The molecule has 0 saturated carbocycles. The van der Waals surface area contributed by atoms with Crippen LogP contribution in [0.2, 0.25) is 0 Å². The lowest BCUT2D eigenvalue weighted by atomic mass is 10.2. The number of ether oxygens (including phenoxy) is 1. The summed E-state index contributed by atoms with van der Waals surface area (Å²) in [7, 11) is 1.67. The van der Waals surface area contributed by atoms with Gasteiger partial charge in [0, 0.05) is 19.3 Å². The second-order valence-corrected chi connectivity index (χ2v) is 3.33. The van der Waals surface area contributed by atoms with Crippen LogP contribution >= 0.6 is 0 Å². The number of nitrogens with zero attached hydrogens (tertiary/aromatic N) is 3. The molecular formula is C12H9FN4O. The number of nitrogens with one attached hydrogen (secondary N) is 1. The van der Waals surface area contributed by atoms with Gasteiger partial charge in [-0.1, -0.05) is 0 Å². The van der Waals surface area contributed by atoms with Gasteiger partial charge in [0.1, 0.15) is 0 Å². The van der Waals surface area contributed by atoms with Crippen molar-refractivity contribution in [3.05, 3.63) is 41.8 Å². The van der Waals surface area contributed by atoms with Gasteiger partial charge in [0.15, 0.2) is 11.6 Å². The molecule has 0 aliphatic carbocycles. The first kappa shape index (κ1) is 11.8. The summed E-state index contributed by atoms with van der Waals surface area (Å²) in [5.74, 6) is -0.00654. The fraction of sp³-hybridized carbons (Fsp3) is 0.0833. The minimum absolute atomic E-state index is 0.00903. The van der Waals surface area contributed by atoms with Crippen molar-refractivity contribution in [2.24, 2.45) is 0 Å². The maximum atomic E-state index is 13.6. The zero-order valence-electron chi connectivity index (χ0n) is 9.51. The summed E-state index contributed by atoms with van der Waals surface area (Å²) in [4.78, 5) is 7.90. The van der Waals surface area contributed by atoms with E-state index in [0.717, 1.165) is 6.07 Å². The largest absolute Gasteiger partial charge is 0.436 e. The van der Waals surface area contributed by atoms with Crippen molar-refractivity contribution < 1.29 is 9.13 Å². The summed E-state index contributed by atoms with van der Waals surface area (Å²) >= 11 is 0. The van der Waals surface area contributed by atoms with E-state index in [1.807, 2.05) is 6.07 Å². The molecule has 2 aromatic rings. The number of halogens is 1. The maximum Gasteiger partial charge on any atom is 0.225 e. The van der Waals surface area contributed by atoms with E-state index in [0.29, 0.717) is 5.95 Å². The Kier molecular flexibility index (Phi) is 3.34. The molecule has 0 fully saturated rings. The maximum absolute atomic E-state index is 13.6. The van der Waals surface area contributed by atoms with E-state index in [2.05, 4.69) is 15.3 Å². The predicted molar refractivity (Wildman–Crippen MR) is 62.8 cm³/mol. The summed E-state index contributed by atoms with van der Waals surface area (Å²) in [5.41, 5.74) is 0.235. The highest BCUT2D eigenvalue weighted by Gasteiger charge is 2.07. The molecule has 1 heterocycles. The highest BCUT2D eigenvalue weighted by molar-refractivity contribution is 5.38. The Balaban J connectivity index is 2.26. The molecule has 0 bridgehead atoms. The number of hydrogen-bond donors (Lipinski definition) is 1. The van der Waals surface area contributed by atoms with Crippen LogP contribution in [0, 0.1) is 17.1 Å². The van der Waals surface area contributed by atoms with Crippen LogP contribution < -0.4 is 10.1 Å². The van der Waals surface area contributed by atoms with Crippen LogP contribution in [0.15, 0.2) is 30.5 Å². The van der Waals surface area contributed by atoms with Crippen molar-refractivity contribution in [1.82, 2.24) is 9.97 Å². The molecule has 0 aliphatic heterocycles. The summed E-state index contributed by atoms with van der Waals surface area (Å²) < 4.78 is 18.8. The van der Waals surface area contributed by atoms with Gasteiger partial charge in [-0.2, -0.15) is 10.2 Å². The van der Waals surface area contributed by atoms with Crippen molar-refractivity contribution in [1.29, 1.82) is 5.26 Å². The molecule has 0 unspecified atom stereocenters. The molecular weight excluding hydrogens is 235 g/mol. The van der Waals surface area contributed by atoms with Crippen molar-refractivity contribution in [2.75, 3.05) is 12.4 Å². The van der Waals surface area contributed by atoms with Gasteiger partial charge in [0.25, 0.3) is 0 Å². The van der Waals surface area contributed by atoms with Crippen LogP contribution in [0.1, 0.15) is 5.56 Å². The molecule has 2 rings (SSSR count). The molecule has 0 aliphatic rings. The lowest BCUT2D eigenvalue weighted by molar-refractivity contribution is 0.427. The minimum atomic E-state index is -0.612. The molecule has 18 heavy (non-hydrogen) atoms. The lowest BCUT2D eigenvalue weighted by Gasteiger charge is -2.06. The van der Waals surface area contributed by atoms with Gasteiger partial charge in [-0.3, -0.25) is 0 Å². The SMILES string of the molecule is CNc1nccc(Oc2ccc(C#N)cc2F)n1. The molecule has 1 aromatic heterocycles. The van der Waals surface area contributed by atoms with Crippen molar-refractivity contribution in [3.8, 4) is 17.7 Å². The van der Waals surface area contributed by atoms with Crippen LogP contribution in [-0.2, 0) is 0 Å². The van der Waals surface area contributed by atoms with Crippen LogP contribution in [0.5, 0.6) is 11.6 Å². The zero-order valence-corrected chi connectivity index (χ0v) is 9.51. The quantitative estimate of drug-likeness (QED) is 0.897. The molecule has 0 radical (unpaired) electrons. The zero-order chi connectivity index (χ0) is 13.0. The number of aromatic nitrogens is 2. The van der Waals surface area contributed by atoms with Gasteiger partial charge in [-0.15, -0.1) is 0 Å². The number of anilines is 1. The van der Waals surface area contributed by atoms with Gasteiger partial charge in [-0.05, 0) is 18.2 Å². The van der Waals surface area contributed by atoms with Crippen LogP contribution in [0.3, 0.4) is 0 Å². The topological polar surface area (TPSA) is 70.8 Å². The molecule has 0 amide bonds. The Bertz CT molecular complexity index is 609. The van der Waals surface area contributed by atoms with E-state index in [1.165, 1.54) is 24.4 Å². The number of nitriles is 1. The number of benzene rings is 1. The van der Waals surface area contributed by atoms with Gasteiger partial charge in [0.05, 0.1) is 11.6 Å². The van der Waals surface area contributed by atoms with E-state index in [9.17, 15) is 4.39 Å². The summed E-state index contributed by atoms with van der Waals surface area (Å²) in [6.07, 6.45) is 1.50. The third-order valence-electron chi connectivity index (χ3n) is 2.13. The highest BCUT2D eigenvalue weighted by Crippen LogP contribution is 2.23. The summed E-state index contributed by atoms with van der Waals surface area (Å²) in [5, 5.41) is 11.4. The Morgan fingerprint density at radius 3 is 2.89 bits per heavy atom. The first-order chi connectivity index (χ1) is 8.72. The van der Waals surface area contributed by atoms with Gasteiger partial charge >= 0.3 is 0 Å². The average molecular weight is 244 g/mol. The smallest absolute Gasteiger partial charge is 0.225 e. The normalized spacial score (nSPS) is 9.61. The van der Waals surface area contributed by atoms with Gasteiger partial charge in [0.2, 0.25) is 11.8 Å². The van der Waals surface area contributed by atoms with Crippen LogP contribution in [-0.4, -0.2) is 17.0 Å². The van der Waals surface area contributed by atoms with E-state index in [4.69, 9.17) is 10.00 Å². The second kappa shape index (κ2) is 5.10. The summed E-state index contributed by atoms with van der Waals surface area (Å²) in [6, 6.07) is 7.32. The van der Waals surface area contributed by atoms with E-state index in [1.54, 1.807) is 7.05 Å². The standard InChI is InChI=1S/C12H9FN4O/c1-15-12-16-5-4-11(17-12)18-10-3-2-8(7-14)6-9(10)13/h2-6H,1H3,(H,15,16,17). The Morgan fingerprint density at radius 1 is 1.39 bits per heavy atom. The molecule has 90 valence electrons. The third kappa shape index (κ3) is 2.52. The summed E-state index contributed by atoms with van der Waals surface area (Å²) in [6.45, 7) is 0. The van der Waals surface area contributed by atoms with Gasteiger partial charge in [-0.25, -0.2) is 9.37 Å². The van der Waals surface area contributed by atoms with E-state index in [-0.39, 0.29) is 17.2 Å². The Morgan fingerprint density at radius 2 is 2.22 bits per heavy atom. The number of hydrogen-bond acceptors (Lipinski definition) is 5. The molecule has 0 atom stereocenters. The number of rotatable bonds is 3.